The second kappa shape index (κ2) is 8.46. The van der Waals surface area contributed by atoms with Crippen molar-refractivity contribution in [1.82, 2.24) is 9.21 Å². The first kappa shape index (κ1) is 20.6. The van der Waals surface area contributed by atoms with Crippen LogP contribution >= 0.6 is 11.6 Å². The van der Waals surface area contributed by atoms with Gasteiger partial charge in [0.05, 0.1) is 9.92 Å². The molecular formula is C19H20ClFN2O4S. The summed E-state index contributed by atoms with van der Waals surface area (Å²) in [5.41, 5.74) is 0.983. The van der Waals surface area contributed by atoms with Crippen LogP contribution in [0.2, 0.25) is 5.02 Å². The lowest BCUT2D eigenvalue weighted by Gasteiger charge is -2.34. The highest BCUT2D eigenvalue weighted by atomic mass is 35.5. The van der Waals surface area contributed by atoms with Crippen LogP contribution in [0.3, 0.4) is 0 Å². The molecule has 0 unspecified atom stereocenters. The molecule has 1 fully saturated rings. The topological polar surface area (TPSA) is 66.9 Å². The van der Waals surface area contributed by atoms with Crippen LogP contribution in [-0.4, -0.2) is 56.3 Å². The Balaban J connectivity index is 1.55. The van der Waals surface area contributed by atoms with Crippen LogP contribution < -0.4 is 4.74 Å². The third-order valence-electron chi connectivity index (χ3n) is 4.50. The first-order valence-electron chi connectivity index (χ1n) is 8.70. The van der Waals surface area contributed by atoms with Crippen LogP contribution in [0.25, 0.3) is 0 Å². The molecule has 0 bridgehead atoms. The summed E-state index contributed by atoms with van der Waals surface area (Å²) in [4.78, 5) is 14.1. The number of benzene rings is 2. The van der Waals surface area contributed by atoms with Gasteiger partial charge in [0.15, 0.2) is 6.61 Å². The molecule has 2 aromatic rings. The molecule has 1 amide bonds. The fourth-order valence-corrected chi connectivity index (χ4v) is 4.43. The lowest BCUT2D eigenvalue weighted by Crippen LogP contribution is -2.51. The molecular weight excluding hydrogens is 407 g/mol. The Hall–Kier alpha value is -2.16. The van der Waals surface area contributed by atoms with Gasteiger partial charge in [0.25, 0.3) is 5.91 Å². The van der Waals surface area contributed by atoms with Crippen LogP contribution in [0.1, 0.15) is 5.56 Å². The number of halogens is 2. The summed E-state index contributed by atoms with van der Waals surface area (Å²) in [6.45, 7) is 2.64. The Morgan fingerprint density at radius 3 is 2.36 bits per heavy atom. The number of carbonyl (C=O) groups excluding carboxylic acids is 1. The summed E-state index contributed by atoms with van der Waals surface area (Å²) >= 11 is 5.68. The highest BCUT2D eigenvalue weighted by Gasteiger charge is 2.30. The minimum atomic E-state index is -3.58. The van der Waals surface area contributed by atoms with Crippen molar-refractivity contribution in [3.8, 4) is 5.75 Å². The molecule has 0 radical (unpaired) electrons. The van der Waals surface area contributed by atoms with Gasteiger partial charge in [-0.05, 0) is 31.2 Å². The van der Waals surface area contributed by atoms with Crippen molar-refractivity contribution in [2.24, 2.45) is 0 Å². The fourth-order valence-electron chi connectivity index (χ4n) is 2.84. The van der Waals surface area contributed by atoms with Gasteiger partial charge in [-0.25, -0.2) is 12.8 Å². The lowest BCUT2D eigenvalue weighted by molar-refractivity contribution is -0.134. The number of rotatable bonds is 5. The van der Waals surface area contributed by atoms with E-state index in [9.17, 15) is 17.6 Å². The molecule has 0 spiro atoms. The van der Waals surface area contributed by atoms with Gasteiger partial charge < -0.3 is 9.64 Å². The van der Waals surface area contributed by atoms with Crippen molar-refractivity contribution in [2.45, 2.75) is 11.8 Å². The van der Waals surface area contributed by atoms with E-state index < -0.39 is 15.8 Å². The Kier molecular flexibility index (Phi) is 6.22. The standard InChI is InChI=1S/C19H20ClFN2O4S/c1-14-2-5-16(6-3-14)28(25,26)23-10-8-22(9-11-23)19(24)13-27-15-4-7-18(21)17(20)12-15/h2-7,12H,8-11,13H2,1H3. The molecule has 1 aliphatic rings. The predicted molar refractivity (Wildman–Crippen MR) is 103 cm³/mol. The van der Waals surface area contributed by atoms with Crippen molar-refractivity contribution in [3.63, 3.8) is 0 Å². The Labute approximate surface area is 168 Å². The number of hydrogen-bond acceptors (Lipinski definition) is 4. The largest absolute Gasteiger partial charge is 0.484 e. The van der Waals surface area contributed by atoms with Crippen molar-refractivity contribution in [2.75, 3.05) is 32.8 Å². The average Bonchev–Trinajstić information content (AvgIpc) is 2.69. The number of nitrogens with zero attached hydrogens (tertiary/aromatic N) is 2. The summed E-state index contributed by atoms with van der Waals surface area (Å²) < 4.78 is 45.3. The molecule has 9 heteroatoms. The van der Waals surface area contributed by atoms with Gasteiger partial charge in [0.2, 0.25) is 10.0 Å². The third kappa shape index (κ3) is 4.63. The van der Waals surface area contributed by atoms with Gasteiger partial charge in [-0.2, -0.15) is 4.31 Å². The molecule has 0 aliphatic carbocycles. The van der Waals surface area contributed by atoms with E-state index in [1.54, 1.807) is 29.2 Å². The van der Waals surface area contributed by atoms with Gasteiger partial charge in [-0.3, -0.25) is 4.79 Å². The van der Waals surface area contributed by atoms with E-state index in [2.05, 4.69) is 0 Å². The van der Waals surface area contributed by atoms with Crippen molar-refractivity contribution in [3.05, 3.63) is 58.9 Å². The Morgan fingerprint density at radius 1 is 1.11 bits per heavy atom. The zero-order chi connectivity index (χ0) is 20.3. The summed E-state index contributed by atoms with van der Waals surface area (Å²) in [6, 6.07) is 10.5. The van der Waals surface area contributed by atoms with Gasteiger partial charge in [-0.15, -0.1) is 0 Å². The lowest BCUT2D eigenvalue weighted by atomic mass is 10.2. The zero-order valence-electron chi connectivity index (χ0n) is 15.3. The SMILES string of the molecule is Cc1ccc(S(=O)(=O)N2CCN(C(=O)COc3ccc(F)c(Cl)c3)CC2)cc1. The predicted octanol–water partition coefficient (Wildman–Crippen LogP) is 2.70. The van der Waals surface area contributed by atoms with Gasteiger partial charge in [-0.1, -0.05) is 29.3 Å². The molecule has 0 aromatic heterocycles. The zero-order valence-corrected chi connectivity index (χ0v) is 16.8. The van der Waals surface area contributed by atoms with Gasteiger partial charge in [0, 0.05) is 32.2 Å². The number of amides is 1. The Morgan fingerprint density at radius 2 is 1.75 bits per heavy atom. The van der Waals surface area contributed by atoms with Crippen LogP contribution in [-0.2, 0) is 14.8 Å². The molecule has 150 valence electrons. The molecule has 2 aromatic carbocycles. The monoisotopic (exact) mass is 426 g/mol. The summed E-state index contributed by atoms with van der Waals surface area (Å²) in [5.74, 6) is -0.542. The van der Waals surface area contributed by atoms with E-state index in [0.29, 0.717) is 5.75 Å². The molecule has 0 N–H and O–H groups in total. The molecule has 6 nitrogen and oxygen atoms in total. The molecule has 1 aliphatic heterocycles. The quantitative estimate of drug-likeness (QED) is 0.737. The van der Waals surface area contributed by atoms with E-state index in [-0.39, 0.29) is 48.6 Å². The first-order valence-corrected chi connectivity index (χ1v) is 10.5. The molecule has 1 heterocycles. The smallest absolute Gasteiger partial charge is 0.260 e. The van der Waals surface area contributed by atoms with Crippen molar-refractivity contribution < 1.29 is 22.3 Å². The molecule has 3 rings (SSSR count). The number of hydrogen-bond donors (Lipinski definition) is 0. The maximum atomic E-state index is 13.1. The molecule has 0 atom stereocenters. The number of aryl methyl sites for hydroxylation is 1. The maximum Gasteiger partial charge on any atom is 0.260 e. The van der Waals surface area contributed by atoms with Crippen LogP contribution in [0.15, 0.2) is 47.4 Å². The fraction of sp³-hybridized carbons (Fsp3) is 0.316. The Bertz CT molecular complexity index is 958. The molecule has 0 saturated carbocycles. The van der Waals surface area contributed by atoms with Crippen molar-refractivity contribution >= 4 is 27.5 Å². The number of ether oxygens (including phenoxy) is 1. The van der Waals surface area contributed by atoms with E-state index in [0.717, 1.165) is 11.6 Å². The highest BCUT2D eigenvalue weighted by Crippen LogP contribution is 2.21. The average molecular weight is 427 g/mol. The second-order valence-corrected chi connectivity index (χ2v) is 8.81. The van der Waals surface area contributed by atoms with Crippen LogP contribution in [0.4, 0.5) is 4.39 Å². The van der Waals surface area contributed by atoms with Gasteiger partial charge >= 0.3 is 0 Å². The van der Waals surface area contributed by atoms with Crippen LogP contribution in [0.5, 0.6) is 5.75 Å². The normalized spacial score (nSPS) is 15.5. The molecule has 1 saturated heterocycles. The minimum Gasteiger partial charge on any atom is -0.484 e. The number of carbonyl (C=O) groups is 1. The highest BCUT2D eigenvalue weighted by molar-refractivity contribution is 7.89. The van der Waals surface area contributed by atoms with E-state index in [1.165, 1.54) is 16.4 Å². The van der Waals surface area contributed by atoms with E-state index in [4.69, 9.17) is 16.3 Å². The first-order chi connectivity index (χ1) is 13.3. The van der Waals surface area contributed by atoms with Gasteiger partial charge in [0.1, 0.15) is 11.6 Å². The third-order valence-corrected chi connectivity index (χ3v) is 6.71. The number of piperazine rings is 1. The minimum absolute atomic E-state index is 0.0834. The van der Waals surface area contributed by atoms with E-state index in [1.807, 2.05) is 6.92 Å². The summed E-state index contributed by atoms with van der Waals surface area (Å²) in [5, 5.41) is -0.0834. The number of sulfonamides is 1. The maximum absolute atomic E-state index is 13.1. The second-order valence-electron chi connectivity index (χ2n) is 6.46. The summed E-state index contributed by atoms with van der Waals surface area (Å²) in [7, 11) is -3.58. The van der Waals surface area contributed by atoms with Crippen LogP contribution in [0, 0.1) is 12.7 Å². The van der Waals surface area contributed by atoms with Crippen molar-refractivity contribution in [1.29, 1.82) is 0 Å². The summed E-state index contributed by atoms with van der Waals surface area (Å²) in [6.07, 6.45) is 0. The van der Waals surface area contributed by atoms with E-state index >= 15 is 0 Å². The molecule has 28 heavy (non-hydrogen) atoms.